The lowest BCUT2D eigenvalue weighted by Crippen LogP contribution is -2.60. The second-order valence-electron chi connectivity index (χ2n) is 24.1. The normalized spacial score (nSPS) is 28.0. The molecule has 2 aliphatic carbocycles. The Hall–Kier alpha value is -5.87. The largest absolute Gasteiger partial charge is 0.372 e. The van der Waals surface area contributed by atoms with E-state index in [9.17, 15) is 19.2 Å². The van der Waals surface area contributed by atoms with E-state index in [0.29, 0.717) is 89.0 Å². The van der Waals surface area contributed by atoms with Crippen LogP contribution in [0, 0.1) is 11.3 Å². The molecule has 16 nitrogen and oxygen atoms in total. The lowest BCUT2D eigenvalue weighted by molar-refractivity contribution is -0.150. The lowest BCUT2D eigenvalue weighted by Gasteiger charge is -2.49. The zero-order chi connectivity index (χ0) is 50.6. The van der Waals surface area contributed by atoms with Gasteiger partial charge in [0, 0.05) is 111 Å². The molecule has 5 amide bonds. The van der Waals surface area contributed by atoms with E-state index in [-0.39, 0.29) is 53.5 Å². The Labute approximate surface area is 433 Å². The number of rotatable bonds is 10. The molecule has 6 saturated heterocycles. The van der Waals surface area contributed by atoms with Crippen LogP contribution in [0.15, 0.2) is 54.9 Å². The average Bonchev–Trinajstić information content (AvgIpc) is 3.94. The van der Waals surface area contributed by atoms with Crippen LogP contribution >= 0.6 is 0 Å². The minimum atomic E-state index is -0.703. The quantitative estimate of drug-likeness (QED) is 0.159. The van der Waals surface area contributed by atoms with Crippen LogP contribution in [-0.4, -0.2) is 141 Å². The van der Waals surface area contributed by atoms with E-state index in [1.807, 2.05) is 40.4 Å². The van der Waals surface area contributed by atoms with Gasteiger partial charge in [0.1, 0.15) is 5.52 Å². The Kier molecular flexibility index (Phi) is 11.9. The molecule has 16 heteroatoms. The van der Waals surface area contributed by atoms with Crippen LogP contribution in [0.25, 0.3) is 22.3 Å². The number of carbonyl (C=O) groups excluding carboxylic acids is 5. The number of nitrogens with zero attached hydrogens (tertiary/aromatic N) is 8. The number of hydrogen-bond acceptors (Lipinski definition) is 11. The Bertz CT molecular complexity index is 2870. The standard InChI is InChI=1S/C58H72N10O6/c1-35(2)67-34-59-48-31-47(61-52(51(48)67)60-39-7-8-39)38-6-14-46-49(28-38)68(42-29-41(30-42)66-32-43-11-12-44(33-66)74-43)56(73)58(46)20-26-65(27-21-58)55(72)57(3)18-24-64(25-19-57)54(71)37-16-22-63(23-17-37)40-9-4-36(5-10-40)45-13-15-50(69)62-53(45)70/h4-6,9-10,14,28,31,34-35,37,39,41-45H,7-8,11-13,15-27,29-30,32-33H2,1-3H3,(H,60,61)(H,62,69,70)/t41-,42+,43?,44?,45?. The number of benzene rings is 2. The van der Waals surface area contributed by atoms with Gasteiger partial charge in [0.15, 0.2) is 5.82 Å². The molecule has 4 aromatic rings. The molecule has 9 heterocycles. The number of nitrogens with one attached hydrogen (secondary N) is 2. The topological polar surface area (TPSA) is 166 Å². The van der Waals surface area contributed by atoms with Gasteiger partial charge in [-0.3, -0.25) is 34.2 Å². The molecule has 390 valence electrons. The monoisotopic (exact) mass is 1000 g/mol. The van der Waals surface area contributed by atoms with Crippen molar-refractivity contribution < 1.29 is 28.7 Å². The van der Waals surface area contributed by atoms with Crippen LogP contribution in [0.2, 0.25) is 0 Å². The van der Waals surface area contributed by atoms with Crippen molar-refractivity contribution in [2.75, 3.05) is 67.5 Å². The first kappa shape index (κ1) is 47.8. The summed E-state index contributed by atoms with van der Waals surface area (Å²) in [6.45, 7) is 12.1. The number of amides is 5. The maximum absolute atomic E-state index is 15.4. The maximum Gasteiger partial charge on any atom is 0.238 e. The number of hydrogen-bond donors (Lipinski definition) is 2. The van der Waals surface area contributed by atoms with E-state index in [2.05, 4.69) is 74.9 Å². The molecule has 9 aliphatic rings. The third-order valence-corrected chi connectivity index (χ3v) is 19.1. The molecular weight excluding hydrogens is 933 g/mol. The number of pyridine rings is 1. The zero-order valence-electron chi connectivity index (χ0n) is 43.4. The van der Waals surface area contributed by atoms with Gasteiger partial charge in [-0.15, -0.1) is 0 Å². The summed E-state index contributed by atoms with van der Waals surface area (Å²) in [4.78, 5) is 89.3. The van der Waals surface area contributed by atoms with Gasteiger partial charge in [-0.25, -0.2) is 9.97 Å². The van der Waals surface area contributed by atoms with Crippen molar-refractivity contribution in [1.29, 1.82) is 0 Å². The molecular formula is C58H72N10O6. The Morgan fingerprint density at radius 3 is 2.18 bits per heavy atom. The number of imide groups is 1. The third kappa shape index (κ3) is 8.36. The molecule has 2 N–H and O–H groups in total. The van der Waals surface area contributed by atoms with Crippen LogP contribution < -0.4 is 20.4 Å². The summed E-state index contributed by atoms with van der Waals surface area (Å²) >= 11 is 0. The van der Waals surface area contributed by atoms with Crippen LogP contribution in [0.3, 0.4) is 0 Å². The van der Waals surface area contributed by atoms with E-state index in [4.69, 9.17) is 14.7 Å². The summed E-state index contributed by atoms with van der Waals surface area (Å²) in [5.74, 6) is 0.599. The molecule has 2 bridgehead atoms. The van der Waals surface area contributed by atoms with Gasteiger partial charge in [-0.2, -0.15) is 0 Å². The summed E-state index contributed by atoms with van der Waals surface area (Å²) in [5, 5.41) is 6.17. The molecule has 2 aromatic carbocycles. The second kappa shape index (κ2) is 18.5. The zero-order valence-corrected chi connectivity index (χ0v) is 43.4. The average molecular weight is 1010 g/mol. The fraction of sp³-hybridized carbons (Fsp3) is 0.603. The molecule has 0 radical (unpaired) electrons. The molecule has 2 saturated carbocycles. The predicted octanol–water partition coefficient (Wildman–Crippen LogP) is 6.92. The fourth-order valence-electron chi connectivity index (χ4n) is 14.2. The molecule has 8 fully saturated rings. The summed E-state index contributed by atoms with van der Waals surface area (Å²) in [6.07, 6.45) is 13.9. The first-order valence-electron chi connectivity index (χ1n) is 28.1. The van der Waals surface area contributed by atoms with Crippen molar-refractivity contribution in [1.82, 2.24) is 34.6 Å². The molecule has 13 rings (SSSR count). The molecule has 3 unspecified atom stereocenters. The third-order valence-electron chi connectivity index (χ3n) is 19.1. The highest BCUT2D eigenvalue weighted by Crippen LogP contribution is 2.53. The summed E-state index contributed by atoms with van der Waals surface area (Å²) in [7, 11) is 0. The number of likely N-dealkylation sites (tertiary alicyclic amines) is 3. The van der Waals surface area contributed by atoms with Gasteiger partial charge < -0.3 is 34.2 Å². The number of imidazole rings is 1. The van der Waals surface area contributed by atoms with Gasteiger partial charge in [0.2, 0.25) is 29.5 Å². The van der Waals surface area contributed by atoms with E-state index in [1.165, 1.54) is 0 Å². The minimum absolute atomic E-state index is 0.0496. The van der Waals surface area contributed by atoms with Crippen LogP contribution in [0.5, 0.6) is 0 Å². The number of ether oxygens (including phenoxy) is 1. The predicted molar refractivity (Wildman–Crippen MR) is 282 cm³/mol. The molecule has 7 aliphatic heterocycles. The Morgan fingerprint density at radius 1 is 0.797 bits per heavy atom. The van der Waals surface area contributed by atoms with Gasteiger partial charge in [-0.1, -0.05) is 31.2 Å². The molecule has 1 spiro atoms. The number of aromatic nitrogens is 3. The Balaban J connectivity index is 0.674. The highest BCUT2D eigenvalue weighted by Gasteiger charge is 2.57. The van der Waals surface area contributed by atoms with Crippen LogP contribution in [0.4, 0.5) is 17.2 Å². The van der Waals surface area contributed by atoms with E-state index >= 15 is 4.79 Å². The van der Waals surface area contributed by atoms with Crippen molar-refractivity contribution in [3.05, 3.63) is 66.0 Å². The van der Waals surface area contributed by atoms with Crippen molar-refractivity contribution in [2.24, 2.45) is 11.3 Å². The van der Waals surface area contributed by atoms with Crippen molar-refractivity contribution >= 4 is 57.8 Å². The highest BCUT2D eigenvalue weighted by atomic mass is 16.5. The van der Waals surface area contributed by atoms with Gasteiger partial charge in [-0.05, 0) is 133 Å². The van der Waals surface area contributed by atoms with Crippen LogP contribution in [0.1, 0.15) is 134 Å². The second-order valence-corrected chi connectivity index (χ2v) is 24.1. The number of anilines is 3. The summed E-state index contributed by atoms with van der Waals surface area (Å²) in [5.41, 5.74) is 6.56. The fourth-order valence-corrected chi connectivity index (χ4v) is 14.2. The summed E-state index contributed by atoms with van der Waals surface area (Å²) < 4.78 is 8.40. The number of piperidine rings is 4. The number of morpholine rings is 1. The highest BCUT2D eigenvalue weighted by molar-refractivity contribution is 6.09. The number of carbonyl (C=O) groups is 5. The first-order valence-corrected chi connectivity index (χ1v) is 28.1. The van der Waals surface area contributed by atoms with E-state index < -0.39 is 10.8 Å². The molecule has 2 aromatic heterocycles. The molecule has 74 heavy (non-hydrogen) atoms. The number of fused-ring (bicyclic) bond motifs is 5. The molecule has 3 atom stereocenters. The SMILES string of the molecule is CC(C)n1cnc2cc(-c3ccc4c(c3)N([C@H]3C[C@@H](N5CC6CCC(C5)O6)C3)C(=O)C43CCN(C(=O)C4(C)CCN(C(=O)C5CCN(c6ccc(C7CCC(=O)NC7=O)cc6)CC5)CC4)CC3)nc(NC3CC3)c21. The maximum atomic E-state index is 15.4. The van der Waals surface area contributed by atoms with Crippen molar-refractivity contribution in [3.63, 3.8) is 0 Å². The summed E-state index contributed by atoms with van der Waals surface area (Å²) in [6, 6.07) is 18.0. The Morgan fingerprint density at radius 2 is 1.50 bits per heavy atom. The smallest absolute Gasteiger partial charge is 0.238 e. The van der Waals surface area contributed by atoms with Crippen LogP contribution in [-0.2, 0) is 34.1 Å². The van der Waals surface area contributed by atoms with Gasteiger partial charge >= 0.3 is 0 Å². The van der Waals surface area contributed by atoms with Gasteiger partial charge in [0.05, 0.1) is 41.1 Å². The van der Waals surface area contributed by atoms with E-state index in [1.54, 1.807) is 0 Å². The first-order chi connectivity index (χ1) is 35.8. The van der Waals surface area contributed by atoms with E-state index in [0.717, 1.165) is 128 Å². The lowest BCUT2D eigenvalue weighted by atomic mass is 9.72. The minimum Gasteiger partial charge on any atom is -0.372 e. The van der Waals surface area contributed by atoms with Crippen molar-refractivity contribution in [3.8, 4) is 11.3 Å². The van der Waals surface area contributed by atoms with Crippen molar-refractivity contribution in [2.45, 2.75) is 158 Å². The van der Waals surface area contributed by atoms with Gasteiger partial charge in [0.25, 0.3) is 0 Å².